The third kappa shape index (κ3) is 4.86. The molecule has 0 spiro atoms. The number of halogens is 1. The molecule has 0 N–H and O–H groups in total. The highest BCUT2D eigenvalue weighted by Gasteiger charge is 2.15. The van der Waals surface area contributed by atoms with Crippen LogP contribution in [0.2, 0.25) is 0 Å². The van der Waals surface area contributed by atoms with E-state index in [1.807, 2.05) is 13.8 Å². The van der Waals surface area contributed by atoms with Gasteiger partial charge in [0.25, 0.3) is 5.56 Å². The average molecular weight is 345 g/mol. The fraction of sp³-hybridized carbons (Fsp3) is 0.583. The third-order valence-electron chi connectivity index (χ3n) is 2.56. The number of unbranched alkanes of at least 4 members (excludes halogenated alkanes) is 1. The normalized spacial score (nSPS) is 11.2. The van der Waals surface area contributed by atoms with E-state index in [0.29, 0.717) is 6.54 Å². The molecule has 5 heteroatoms. The van der Waals surface area contributed by atoms with Crippen LogP contribution in [0.15, 0.2) is 17.1 Å². The maximum atomic E-state index is 11.5. The van der Waals surface area contributed by atoms with Gasteiger partial charge in [0.1, 0.15) is 0 Å². The van der Waals surface area contributed by atoms with Crippen LogP contribution in [0.25, 0.3) is 0 Å². The van der Waals surface area contributed by atoms with Crippen LogP contribution >= 0.6 is 22.6 Å². The second kappa shape index (κ2) is 6.15. The maximum absolute atomic E-state index is 11.5. The van der Waals surface area contributed by atoms with E-state index in [4.69, 9.17) is 5.26 Å². The molecule has 4 nitrogen and oxygen atoms in total. The van der Waals surface area contributed by atoms with Crippen LogP contribution < -0.4 is 5.56 Å². The van der Waals surface area contributed by atoms with Crippen molar-refractivity contribution in [1.82, 2.24) is 9.78 Å². The van der Waals surface area contributed by atoms with Crippen molar-refractivity contribution in [2.45, 2.75) is 39.7 Å². The van der Waals surface area contributed by atoms with E-state index in [1.165, 1.54) is 4.68 Å². The van der Waals surface area contributed by atoms with Crippen LogP contribution in [0.4, 0.5) is 0 Å². The van der Waals surface area contributed by atoms with Gasteiger partial charge in [-0.3, -0.25) is 4.79 Å². The second-order valence-corrected chi connectivity index (χ2v) is 5.93. The molecule has 0 saturated carbocycles. The molecule has 0 fully saturated rings. The minimum Gasteiger partial charge on any atom is -0.268 e. The summed E-state index contributed by atoms with van der Waals surface area (Å²) in [5.74, 6) is 0. The third-order valence-corrected chi connectivity index (χ3v) is 3.15. The molecule has 0 aliphatic heterocycles. The molecule has 0 aromatic carbocycles. The van der Waals surface area contributed by atoms with Gasteiger partial charge < -0.3 is 0 Å². The lowest BCUT2D eigenvalue weighted by Gasteiger charge is -2.14. The number of rotatable bonds is 5. The van der Waals surface area contributed by atoms with Crippen molar-refractivity contribution in [3.05, 3.63) is 26.2 Å². The molecule has 1 rings (SSSR count). The Morgan fingerprint density at radius 2 is 2.24 bits per heavy atom. The number of nitriles is 1. The Balaban J connectivity index is 2.42. The monoisotopic (exact) mass is 345 g/mol. The summed E-state index contributed by atoms with van der Waals surface area (Å²) in [6.45, 7) is 4.49. The van der Waals surface area contributed by atoms with Crippen molar-refractivity contribution in [2.24, 2.45) is 5.41 Å². The molecule has 1 aromatic heterocycles. The number of aromatic nitrogens is 2. The van der Waals surface area contributed by atoms with E-state index < -0.39 is 0 Å². The predicted octanol–water partition coefficient (Wildman–Crippen LogP) is 2.57. The standard InChI is InChI=1S/C12H16IN3O/c1-12(2,9-14)5-3-4-6-16-11(17)7-10(13)8-15-16/h7-8H,3-6H2,1-2H3. The first-order valence-corrected chi connectivity index (χ1v) is 6.66. The molecule has 0 amide bonds. The minimum absolute atomic E-state index is 0.0588. The SMILES string of the molecule is CC(C)(C#N)CCCCn1ncc(I)cc1=O. The Hall–Kier alpha value is -0.900. The molecule has 1 aromatic rings. The molecule has 0 aliphatic rings. The fourth-order valence-corrected chi connectivity index (χ4v) is 1.85. The van der Waals surface area contributed by atoms with Crippen molar-refractivity contribution < 1.29 is 0 Å². The summed E-state index contributed by atoms with van der Waals surface area (Å²) in [5, 5.41) is 12.9. The second-order valence-electron chi connectivity index (χ2n) is 4.69. The lowest BCUT2D eigenvalue weighted by Crippen LogP contribution is -2.22. The van der Waals surface area contributed by atoms with Crippen molar-refractivity contribution in [3.63, 3.8) is 0 Å². The Morgan fingerprint density at radius 3 is 2.82 bits per heavy atom. The first-order valence-electron chi connectivity index (χ1n) is 5.58. The molecule has 0 radical (unpaired) electrons. The van der Waals surface area contributed by atoms with Gasteiger partial charge in [0, 0.05) is 16.2 Å². The molecular weight excluding hydrogens is 329 g/mol. The Morgan fingerprint density at radius 1 is 1.53 bits per heavy atom. The van der Waals surface area contributed by atoms with E-state index >= 15 is 0 Å². The van der Waals surface area contributed by atoms with Gasteiger partial charge in [-0.2, -0.15) is 10.4 Å². The van der Waals surface area contributed by atoms with E-state index in [2.05, 4.69) is 33.8 Å². The molecule has 0 saturated heterocycles. The van der Waals surface area contributed by atoms with Crippen LogP contribution in [0.5, 0.6) is 0 Å². The van der Waals surface area contributed by atoms with E-state index in [0.717, 1.165) is 22.8 Å². The molecule has 0 atom stereocenters. The Labute approximate surface area is 115 Å². The van der Waals surface area contributed by atoms with Gasteiger partial charge in [-0.25, -0.2) is 4.68 Å². The molecule has 1 heterocycles. The first kappa shape index (κ1) is 14.2. The number of hydrogen-bond donors (Lipinski definition) is 0. The van der Waals surface area contributed by atoms with Crippen molar-refractivity contribution in [1.29, 1.82) is 5.26 Å². The molecule has 0 aliphatic carbocycles. The summed E-state index contributed by atoms with van der Waals surface area (Å²) < 4.78 is 2.33. The summed E-state index contributed by atoms with van der Waals surface area (Å²) in [6.07, 6.45) is 4.34. The summed E-state index contributed by atoms with van der Waals surface area (Å²) in [6, 6.07) is 3.85. The lowest BCUT2D eigenvalue weighted by molar-refractivity contribution is 0.408. The van der Waals surface area contributed by atoms with E-state index in [1.54, 1.807) is 12.3 Å². The lowest BCUT2D eigenvalue weighted by atomic mass is 9.89. The van der Waals surface area contributed by atoms with Gasteiger partial charge in [0.05, 0.1) is 17.7 Å². The quantitative estimate of drug-likeness (QED) is 0.609. The molecule has 17 heavy (non-hydrogen) atoms. The first-order chi connectivity index (χ1) is 7.94. The van der Waals surface area contributed by atoms with Crippen molar-refractivity contribution in [3.8, 4) is 6.07 Å². The van der Waals surface area contributed by atoms with Crippen LogP contribution in [-0.4, -0.2) is 9.78 Å². The number of nitrogens with zero attached hydrogens (tertiary/aromatic N) is 3. The summed E-state index contributed by atoms with van der Waals surface area (Å²) in [4.78, 5) is 11.5. The van der Waals surface area contributed by atoms with Gasteiger partial charge in [0.15, 0.2) is 0 Å². The van der Waals surface area contributed by atoms with E-state index in [9.17, 15) is 4.79 Å². The Kier molecular flexibility index (Phi) is 5.12. The smallest absolute Gasteiger partial charge is 0.267 e. The number of aryl methyl sites for hydroxylation is 1. The van der Waals surface area contributed by atoms with Crippen LogP contribution in [0, 0.1) is 20.3 Å². The fourth-order valence-electron chi connectivity index (χ4n) is 1.46. The van der Waals surface area contributed by atoms with Crippen molar-refractivity contribution in [2.75, 3.05) is 0 Å². The largest absolute Gasteiger partial charge is 0.268 e. The van der Waals surface area contributed by atoms with Gasteiger partial charge in [0.2, 0.25) is 0 Å². The molecule has 0 unspecified atom stereocenters. The zero-order chi connectivity index (χ0) is 12.9. The van der Waals surface area contributed by atoms with Gasteiger partial charge in [-0.15, -0.1) is 0 Å². The highest BCUT2D eigenvalue weighted by molar-refractivity contribution is 14.1. The highest BCUT2D eigenvalue weighted by Crippen LogP contribution is 2.21. The topological polar surface area (TPSA) is 58.7 Å². The van der Waals surface area contributed by atoms with Crippen LogP contribution in [0.3, 0.4) is 0 Å². The van der Waals surface area contributed by atoms with Gasteiger partial charge >= 0.3 is 0 Å². The van der Waals surface area contributed by atoms with Gasteiger partial charge in [-0.1, -0.05) is 6.42 Å². The summed E-state index contributed by atoms with van der Waals surface area (Å²) in [5.41, 5.74) is -0.332. The number of hydrogen-bond acceptors (Lipinski definition) is 3. The summed E-state index contributed by atoms with van der Waals surface area (Å²) >= 11 is 2.07. The minimum atomic E-state index is -0.273. The maximum Gasteiger partial charge on any atom is 0.267 e. The van der Waals surface area contributed by atoms with Crippen LogP contribution in [0.1, 0.15) is 33.1 Å². The molecule has 0 bridgehead atoms. The average Bonchev–Trinajstić information content (AvgIpc) is 2.27. The molecule has 92 valence electrons. The zero-order valence-electron chi connectivity index (χ0n) is 10.1. The zero-order valence-corrected chi connectivity index (χ0v) is 12.3. The predicted molar refractivity (Wildman–Crippen MR) is 74.5 cm³/mol. The van der Waals surface area contributed by atoms with E-state index in [-0.39, 0.29) is 11.0 Å². The molecular formula is C12H16IN3O. The summed E-state index contributed by atoms with van der Waals surface area (Å²) in [7, 11) is 0. The highest BCUT2D eigenvalue weighted by atomic mass is 127. The van der Waals surface area contributed by atoms with Crippen molar-refractivity contribution >= 4 is 22.6 Å². The Bertz CT molecular complexity index is 473. The van der Waals surface area contributed by atoms with Gasteiger partial charge in [-0.05, 0) is 49.3 Å². The van der Waals surface area contributed by atoms with Crippen LogP contribution in [-0.2, 0) is 6.54 Å².